The molecule has 5 nitrogen and oxygen atoms in total. The fraction of sp³-hybridized carbons (Fsp3) is 0.429. The zero-order chi connectivity index (χ0) is 15.9. The van der Waals surface area contributed by atoms with Crippen LogP contribution in [-0.2, 0) is 6.54 Å². The van der Waals surface area contributed by atoms with Crippen molar-refractivity contribution in [2.45, 2.75) is 32.9 Å². The summed E-state index contributed by atoms with van der Waals surface area (Å²) in [7, 11) is 0. The summed E-state index contributed by atoms with van der Waals surface area (Å²) in [6.45, 7) is 0.118. The van der Waals surface area contributed by atoms with Crippen LogP contribution in [0, 0.1) is 6.92 Å². The second-order valence-electron chi connectivity index (χ2n) is 4.69. The Kier molecular flexibility index (Phi) is 5.88. The Morgan fingerprint density at radius 1 is 1.50 bits per heavy atom. The maximum atomic E-state index is 12.3. The van der Waals surface area contributed by atoms with E-state index < -0.39 is 6.61 Å². The molecule has 2 aromatic rings. The first kappa shape index (κ1) is 16.4. The summed E-state index contributed by atoms with van der Waals surface area (Å²) < 4.78 is 30.9. The Balaban J connectivity index is 1.77. The molecule has 22 heavy (non-hydrogen) atoms. The standard InChI is InChI=1S/C14H17F2N3O2S/c1-10-8-11(21-14(15)16)12(22-10)13(20)18-4-2-3-6-19-7-5-17-9-19/h5,7-9,14H,2-4,6H2,1H3,(H,18,20). The highest BCUT2D eigenvalue weighted by atomic mass is 32.1. The molecule has 0 saturated carbocycles. The highest BCUT2D eigenvalue weighted by Crippen LogP contribution is 2.30. The molecular weight excluding hydrogens is 312 g/mol. The third-order valence-corrected chi connectivity index (χ3v) is 3.96. The number of rotatable bonds is 8. The van der Waals surface area contributed by atoms with Gasteiger partial charge in [-0.1, -0.05) is 0 Å². The maximum absolute atomic E-state index is 12.3. The van der Waals surface area contributed by atoms with Gasteiger partial charge < -0.3 is 14.6 Å². The lowest BCUT2D eigenvalue weighted by molar-refractivity contribution is -0.0498. The van der Waals surface area contributed by atoms with E-state index in [-0.39, 0.29) is 16.5 Å². The lowest BCUT2D eigenvalue weighted by atomic mass is 10.3. The Morgan fingerprint density at radius 2 is 2.32 bits per heavy atom. The predicted molar refractivity (Wildman–Crippen MR) is 79.5 cm³/mol. The summed E-state index contributed by atoms with van der Waals surface area (Å²) in [6.07, 6.45) is 7.01. The molecule has 120 valence electrons. The zero-order valence-electron chi connectivity index (χ0n) is 12.1. The van der Waals surface area contributed by atoms with Crippen molar-refractivity contribution in [3.8, 4) is 5.75 Å². The number of alkyl halides is 2. The van der Waals surface area contributed by atoms with E-state index >= 15 is 0 Å². The van der Waals surface area contributed by atoms with Gasteiger partial charge in [0.25, 0.3) is 5.91 Å². The average Bonchev–Trinajstić information content (AvgIpc) is 3.07. The fourth-order valence-electron chi connectivity index (χ4n) is 1.95. The lowest BCUT2D eigenvalue weighted by Gasteiger charge is -2.07. The molecule has 0 aromatic carbocycles. The third kappa shape index (κ3) is 4.80. The molecule has 8 heteroatoms. The van der Waals surface area contributed by atoms with Gasteiger partial charge in [0.05, 0.1) is 6.33 Å². The molecule has 0 spiro atoms. The zero-order valence-corrected chi connectivity index (χ0v) is 12.9. The number of ether oxygens (including phenoxy) is 1. The molecule has 0 fully saturated rings. The van der Waals surface area contributed by atoms with Crippen molar-refractivity contribution in [2.75, 3.05) is 6.54 Å². The van der Waals surface area contributed by atoms with E-state index in [9.17, 15) is 13.6 Å². The van der Waals surface area contributed by atoms with Gasteiger partial charge in [-0.25, -0.2) is 4.98 Å². The quantitative estimate of drug-likeness (QED) is 0.757. The summed E-state index contributed by atoms with van der Waals surface area (Å²) in [5, 5.41) is 2.73. The van der Waals surface area contributed by atoms with Gasteiger partial charge in [0, 0.05) is 30.4 Å². The molecule has 0 atom stereocenters. The van der Waals surface area contributed by atoms with Crippen molar-refractivity contribution < 1.29 is 18.3 Å². The minimum absolute atomic E-state index is 0.0617. The number of unbranched alkanes of at least 4 members (excludes halogenated alkanes) is 1. The number of carbonyl (C=O) groups is 1. The van der Waals surface area contributed by atoms with Gasteiger partial charge in [-0.05, 0) is 25.8 Å². The second kappa shape index (κ2) is 7.88. The number of nitrogens with one attached hydrogen (secondary N) is 1. The van der Waals surface area contributed by atoms with Gasteiger partial charge in [0.2, 0.25) is 0 Å². The van der Waals surface area contributed by atoms with Crippen LogP contribution in [0.25, 0.3) is 0 Å². The second-order valence-corrected chi connectivity index (χ2v) is 5.95. The lowest BCUT2D eigenvalue weighted by Crippen LogP contribution is -2.24. The molecule has 0 radical (unpaired) electrons. The van der Waals surface area contributed by atoms with Gasteiger partial charge in [-0.15, -0.1) is 11.3 Å². The highest BCUT2D eigenvalue weighted by molar-refractivity contribution is 7.14. The summed E-state index contributed by atoms with van der Waals surface area (Å²) in [5.41, 5.74) is 0. The topological polar surface area (TPSA) is 56.1 Å². The van der Waals surface area contributed by atoms with Crippen molar-refractivity contribution in [2.24, 2.45) is 0 Å². The van der Waals surface area contributed by atoms with Crippen LogP contribution in [0.15, 0.2) is 24.8 Å². The number of aryl methyl sites for hydroxylation is 2. The monoisotopic (exact) mass is 329 g/mol. The Morgan fingerprint density at radius 3 is 3.00 bits per heavy atom. The van der Waals surface area contributed by atoms with Crippen molar-refractivity contribution in [1.29, 1.82) is 0 Å². The third-order valence-electron chi connectivity index (χ3n) is 2.93. The summed E-state index contributed by atoms with van der Waals surface area (Å²) >= 11 is 1.14. The van der Waals surface area contributed by atoms with Crippen LogP contribution in [0.2, 0.25) is 0 Å². The van der Waals surface area contributed by atoms with Crippen LogP contribution >= 0.6 is 11.3 Å². The van der Waals surface area contributed by atoms with Crippen LogP contribution < -0.4 is 10.1 Å². The average molecular weight is 329 g/mol. The first-order chi connectivity index (χ1) is 10.6. The van der Waals surface area contributed by atoms with Crippen molar-refractivity contribution in [3.05, 3.63) is 34.5 Å². The molecule has 0 bridgehead atoms. The number of carbonyl (C=O) groups excluding carboxylic acids is 1. The van der Waals surface area contributed by atoms with Gasteiger partial charge in [-0.2, -0.15) is 8.78 Å². The number of nitrogens with zero attached hydrogens (tertiary/aromatic N) is 2. The van der Waals surface area contributed by atoms with Crippen LogP contribution in [0.1, 0.15) is 27.4 Å². The van der Waals surface area contributed by atoms with Gasteiger partial charge in [0.1, 0.15) is 10.6 Å². The molecule has 1 N–H and O–H groups in total. The number of aromatic nitrogens is 2. The normalized spacial score (nSPS) is 10.9. The Labute approximate surface area is 130 Å². The largest absolute Gasteiger partial charge is 0.433 e. The smallest absolute Gasteiger partial charge is 0.387 e. The SMILES string of the molecule is Cc1cc(OC(F)F)c(C(=O)NCCCCn2ccnc2)s1. The molecule has 0 aliphatic heterocycles. The van der Waals surface area contributed by atoms with E-state index in [0.29, 0.717) is 6.54 Å². The van der Waals surface area contributed by atoms with Crippen LogP contribution in [0.3, 0.4) is 0 Å². The van der Waals surface area contributed by atoms with E-state index in [1.165, 1.54) is 6.07 Å². The maximum Gasteiger partial charge on any atom is 0.387 e. The minimum atomic E-state index is -2.93. The van der Waals surface area contributed by atoms with Crippen LogP contribution in [0.4, 0.5) is 8.78 Å². The number of thiophene rings is 1. The number of hydrogen-bond donors (Lipinski definition) is 1. The molecule has 2 rings (SSSR count). The van der Waals surface area contributed by atoms with Crippen LogP contribution in [0.5, 0.6) is 5.75 Å². The first-order valence-electron chi connectivity index (χ1n) is 6.85. The van der Waals surface area contributed by atoms with E-state index in [2.05, 4.69) is 15.0 Å². The van der Waals surface area contributed by atoms with Crippen molar-refractivity contribution >= 4 is 17.2 Å². The molecule has 2 aromatic heterocycles. The predicted octanol–water partition coefficient (Wildman–Crippen LogP) is 3.06. The van der Waals surface area contributed by atoms with E-state index in [1.54, 1.807) is 19.4 Å². The Bertz CT molecular complexity index is 599. The van der Waals surface area contributed by atoms with E-state index in [1.807, 2.05) is 10.8 Å². The summed E-state index contributed by atoms with van der Waals surface area (Å²) in [6, 6.07) is 1.45. The Hall–Kier alpha value is -1.96. The highest BCUT2D eigenvalue weighted by Gasteiger charge is 2.18. The first-order valence-corrected chi connectivity index (χ1v) is 7.67. The van der Waals surface area contributed by atoms with E-state index in [0.717, 1.165) is 35.6 Å². The summed E-state index contributed by atoms with van der Waals surface area (Å²) in [4.78, 5) is 16.9. The van der Waals surface area contributed by atoms with Crippen molar-refractivity contribution in [1.82, 2.24) is 14.9 Å². The van der Waals surface area contributed by atoms with Gasteiger partial charge in [0.15, 0.2) is 0 Å². The van der Waals surface area contributed by atoms with Crippen molar-refractivity contribution in [3.63, 3.8) is 0 Å². The number of imidazole rings is 1. The molecule has 0 aliphatic rings. The van der Waals surface area contributed by atoms with E-state index in [4.69, 9.17) is 0 Å². The van der Waals surface area contributed by atoms with Crippen LogP contribution in [-0.4, -0.2) is 28.6 Å². The molecule has 0 aliphatic carbocycles. The molecule has 0 saturated heterocycles. The van der Waals surface area contributed by atoms with Gasteiger partial charge >= 0.3 is 6.61 Å². The molecular formula is C14H17F2N3O2S. The molecule has 2 heterocycles. The van der Waals surface area contributed by atoms with Gasteiger partial charge in [-0.3, -0.25) is 4.79 Å². The fourth-order valence-corrected chi connectivity index (χ4v) is 2.81. The minimum Gasteiger partial charge on any atom is -0.433 e. The molecule has 0 unspecified atom stereocenters. The number of halogens is 2. The summed E-state index contributed by atoms with van der Waals surface area (Å²) in [5.74, 6) is -0.440. The number of amides is 1. The molecule has 1 amide bonds. The number of hydrogen-bond acceptors (Lipinski definition) is 4.